The molecule has 0 aliphatic heterocycles. The Morgan fingerprint density at radius 2 is 1.10 bits per heavy atom. The molecule has 1 N–H and O–H groups in total. The summed E-state index contributed by atoms with van der Waals surface area (Å²) in [6.07, 6.45) is -9.78. The quantitative estimate of drug-likeness (QED) is 0.255. The Labute approximate surface area is 221 Å². The average molecular weight is 600 g/mol. The number of aliphatic hydroxyl groups is 1. The van der Waals surface area contributed by atoms with Crippen molar-refractivity contribution >= 4 is 0 Å². The van der Waals surface area contributed by atoms with Gasteiger partial charge in [0.25, 0.3) is 0 Å². The molecule has 0 amide bonds. The Kier molecular flexibility index (Phi) is 9.03. The second kappa shape index (κ2) is 10.7. The topological polar surface area (TPSA) is 20.2 Å². The Hall–Kier alpha value is -2.51. The van der Waals surface area contributed by atoms with E-state index < -0.39 is 59.3 Å². The summed E-state index contributed by atoms with van der Waals surface area (Å²) in [6, 6.07) is 11.4. The van der Waals surface area contributed by atoms with E-state index in [1.807, 2.05) is 0 Å². The molecule has 0 saturated heterocycles. The monoisotopic (exact) mass is 600 g/mol. The van der Waals surface area contributed by atoms with Crippen LogP contribution < -0.4 is 0 Å². The van der Waals surface area contributed by atoms with E-state index >= 15 is 8.78 Å². The van der Waals surface area contributed by atoms with Gasteiger partial charge in [-0.25, -0.2) is 0 Å². The maximum Gasteiger partial charge on any atom is 0.460 e. The van der Waals surface area contributed by atoms with Crippen molar-refractivity contribution < 1.29 is 62.2 Å². The second-order valence-electron chi connectivity index (χ2n) is 9.67. The van der Waals surface area contributed by atoms with Gasteiger partial charge in [0.1, 0.15) is 5.60 Å². The Morgan fingerprint density at radius 1 is 0.625 bits per heavy atom. The summed E-state index contributed by atoms with van der Waals surface area (Å²) in [4.78, 5) is 0. The highest BCUT2D eigenvalue weighted by molar-refractivity contribution is 5.35. The maximum atomic E-state index is 15.0. The van der Waals surface area contributed by atoms with Gasteiger partial charge in [0, 0.05) is 5.92 Å². The molecule has 2 aromatic carbocycles. The number of benzene rings is 2. The van der Waals surface area contributed by atoms with Gasteiger partial charge in [-0.15, -0.1) is 0 Å². The molecule has 0 spiro atoms. The van der Waals surface area contributed by atoms with E-state index in [0.29, 0.717) is 12.0 Å². The zero-order chi connectivity index (χ0) is 31.2. The van der Waals surface area contributed by atoms with Crippen LogP contribution in [-0.2, 0) is 5.60 Å². The van der Waals surface area contributed by atoms with Crippen molar-refractivity contribution in [1.29, 1.82) is 0 Å². The summed E-state index contributed by atoms with van der Waals surface area (Å²) < 4.78 is 179. The van der Waals surface area contributed by atoms with Crippen LogP contribution in [0.3, 0.4) is 0 Å². The molecule has 40 heavy (non-hydrogen) atoms. The van der Waals surface area contributed by atoms with Crippen LogP contribution in [0.15, 0.2) is 54.6 Å². The second-order valence-corrected chi connectivity index (χ2v) is 9.67. The number of halogens is 13. The van der Waals surface area contributed by atoms with Crippen molar-refractivity contribution in [2.45, 2.75) is 86.8 Å². The van der Waals surface area contributed by atoms with Crippen molar-refractivity contribution in [2.24, 2.45) is 0 Å². The van der Waals surface area contributed by atoms with E-state index in [0.717, 1.165) is 19.1 Å². The highest BCUT2D eigenvalue weighted by Crippen LogP contribution is 2.62. The molecule has 0 bridgehead atoms. The zero-order valence-electron chi connectivity index (χ0n) is 21.1. The largest absolute Gasteiger partial charge is 0.460 e. The highest BCUT2D eigenvalue weighted by atomic mass is 19.4. The first-order valence-electron chi connectivity index (χ1n) is 11.8. The molecule has 0 radical (unpaired) electrons. The van der Waals surface area contributed by atoms with E-state index in [9.17, 15) is 53.4 Å². The molecular weight excluding hydrogens is 575 g/mol. The number of hydrogen-bond donors (Lipinski definition) is 1. The highest BCUT2D eigenvalue weighted by Gasteiger charge is 2.90. The SMILES string of the molecule is CCC(C)c1cccc(C(O)(CC(F)(F)C(F)(F)C(F)(F)C(F)(F)C(F)(F)C(F)(F)F)C(C)c2ccccc2)c1. The molecule has 1 nitrogen and oxygen atoms in total. The normalized spacial score (nSPS) is 17.3. The smallest absolute Gasteiger partial charge is 0.384 e. The van der Waals surface area contributed by atoms with Crippen LogP contribution in [0.4, 0.5) is 57.1 Å². The molecule has 0 heterocycles. The van der Waals surface area contributed by atoms with Gasteiger partial charge in [-0.05, 0) is 29.0 Å². The average Bonchev–Trinajstić information content (AvgIpc) is 2.86. The fourth-order valence-corrected chi connectivity index (χ4v) is 4.12. The predicted octanol–water partition coefficient (Wildman–Crippen LogP) is 9.32. The van der Waals surface area contributed by atoms with Crippen LogP contribution in [0.25, 0.3) is 0 Å². The molecule has 14 heteroatoms. The summed E-state index contributed by atoms with van der Waals surface area (Å²) in [6.45, 7) is 4.43. The minimum atomic E-state index is -8.01. The third-order valence-corrected chi connectivity index (χ3v) is 7.07. The lowest BCUT2D eigenvalue weighted by Gasteiger charge is -2.43. The van der Waals surface area contributed by atoms with Crippen molar-refractivity contribution in [1.82, 2.24) is 0 Å². The van der Waals surface area contributed by atoms with Crippen molar-refractivity contribution in [3.8, 4) is 0 Å². The van der Waals surface area contributed by atoms with Crippen molar-refractivity contribution in [3.05, 3.63) is 71.3 Å². The van der Waals surface area contributed by atoms with Crippen molar-refractivity contribution in [3.63, 3.8) is 0 Å². The van der Waals surface area contributed by atoms with Gasteiger partial charge in [0.2, 0.25) is 0 Å². The lowest BCUT2D eigenvalue weighted by Crippen LogP contribution is -2.70. The van der Waals surface area contributed by atoms with E-state index in [-0.39, 0.29) is 11.5 Å². The molecule has 0 aliphatic carbocycles. The molecule has 0 fully saturated rings. The Balaban J connectivity index is 2.73. The third kappa shape index (κ3) is 5.39. The molecule has 0 aromatic heterocycles. The fourth-order valence-electron chi connectivity index (χ4n) is 4.12. The van der Waals surface area contributed by atoms with Crippen LogP contribution in [-0.4, -0.2) is 40.9 Å². The van der Waals surface area contributed by atoms with Gasteiger partial charge in [0.05, 0.1) is 6.42 Å². The number of alkyl halides is 13. The van der Waals surface area contributed by atoms with E-state index in [2.05, 4.69) is 0 Å². The number of hydrogen-bond acceptors (Lipinski definition) is 1. The van der Waals surface area contributed by atoms with E-state index in [1.165, 1.54) is 42.5 Å². The standard InChI is InChI=1S/C26H25F13O/c1-4-15(2)18-11-8-12-19(13-18)20(40,16(3)17-9-6-5-7-10-17)14-21(27,28)22(29,30)23(31,32)24(33,34)25(35,36)26(37,38)39/h5-13,15-16,40H,4,14H2,1-3H3. The molecule has 0 aliphatic rings. The first-order chi connectivity index (χ1) is 17.9. The third-order valence-electron chi connectivity index (χ3n) is 7.07. The van der Waals surface area contributed by atoms with Crippen LogP contribution in [0.2, 0.25) is 0 Å². The van der Waals surface area contributed by atoms with E-state index in [4.69, 9.17) is 0 Å². The van der Waals surface area contributed by atoms with Gasteiger partial charge in [0.15, 0.2) is 0 Å². The van der Waals surface area contributed by atoms with Gasteiger partial charge < -0.3 is 5.11 Å². The molecule has 0 saturated carbocycles. The van der Waals surface area contributed by atoms with Crippen LogP contribution in [0, 0.1) is 0 Å². The van der Waals surface area contributed by atoms with E-state index in [1.54, 1.807) is 13.8 Å². The summed E-state index contributed by atoms with van der Waals surface area (Å²) in [5.41, 5.74) is -3.39. The fraction of sp³-hybridized carbons (Fsp3) is 0.538. The van der Waals surface area contributed by atoms with Gasteiger partial charge in [-0.3, -0.25) is 0 Å². The van der Waals surface area contributed by atoms with Gasteiger partial charge in [-0.1, -0.05) is 75.4 Å². The number of rotatable bonds is 11. The minimum absolute atomic E-state index is 0.00115. The van der Waals surface area contributed by atoms with Crippen LogP contribution >= 0.6 is 0 Å². The molecule has 2 rings (SSSR count). The molecule has 3 atom stereocenters. The molecular formula is C26H25F13O. The van der Waals surface area contributed by atoms with Crippen LogP contribution in [0.5, 0.6) is 0 Å². The Bertz CT molecular complexity index is 1140. The summed E-state index contributed by atoms with van der Waals surface area (Å²) in [5.74, 6) is -39.6. The summed E-state index contributed by atoms with van der Waals surface area (Å²) in [7, 11) is 0. The first-order valence-corrected chi connectivity index (χ1v) is 11.8. The minimum Gasteiger partial charge on any atom is -0.384 e. The van der Waals surface area contributed by atoms with Gasteiger partial charge in [-0.2, -0.15) is 57.1 Å². The molecule has 2 aromatic rings. The maximum absolute atomic E-state index is 15.0. The lowest BCUT2D eigenvalue weighted by molar-refractivity contribution is -0.441. The zero-order valence-corrected chi connectivity index (χ0v) is 21.1. The predicted molar refractivity (Wildman–Crippen MR) is 119 cm³/mol. The van der Waals surface area contributed by atoms with Crippen LogP contribution in [0.1, 0.15) is 62.1 Å². The molecule has 226 valence electrons. The first kappa shape index (κ1) is 33.7. The lowest BCUT2D eigenvalue weighted by atomic mass is 9.72. The summed E-state index contributed by atoms with van der Waals surface area (Å²) in [5, 5.41) is 11.5. The Morgan fingerprint density at radius 3 is 1.57 bits per heavy atom. The summed E-state index contributed by atoms with van der Waals surface area (Å²) >= 11 is 0. The van der Waals surface area contributed by atoms with Crippen molar-refractivity contribution in [2.75, 3.05) is 0 Å². The van der Waals surface area contributed by atoms with Gasteiger partial charge >= 0.3 is 35.8 Å². The molecule has 3 unspecified atom stereocenters.